The second-order valence-electron chi connectivity index (χ2n) is 10.8. The maximum Gasteiger partial charge on any atom is 0.334 e. The molecule has 3 heterocycles. The molecule has 0 radical (unpaired) electrons. The van der Waals surface area contributed by atoms with E-state index in [0.29, 0.717) is 44.5 Å². The largest absolute Gasteiger partial charge is 0.383 e. The summed E-state index contributed by atoms with van der Waals surface area (Å²) in [7, 11) is 0. The van der Waals surface area contributed by atoms with Gasteiger partial charge in [-0.05, 0) is 43.5 Å². The number of hydrogen-bond donors (Lipinski definition) is 5. The molecule has 0 unspecified atom stereocenters. The van der Waals surface area contributed by atoms with Crippen LogP contribution in [0.15, 0.2) is 30.3 Å². The number of benzene rings is 1. The van der Waals surface area contributed by atoms with Gasteiger partial charge in [-0.1, -0.05) is 43.5 Å². The Morgan fingerprint density at radius 2 is 1.67 bits per heavy atom. The molecule has 0 atom stereocenters. The zero-order chi connectivity index (χ0) is 26.9. The van der Waals surface area contributed by atoms with E-state index in [2.05, 4.69) is 55.5 Å². The zero-order valence-corrected chi connectivity index (χ0v) is 23.0. The van der Waals surface area contributed by atoms with Crippen molar-refractivity contribution < 1.29 is 4.79 Å². The molecule has 39 heavy (non-hydrogen) atoms. The van der Waals surface area contributed by atoms with E-state index in [4.69, 9.17) is 10.7 Å². The van der Waals surface area contributed by atoms with Gasteiger partial charge in [0.05, 0.1) is 6.54 Å². The molecule has 1 aromatic carbocycles. The molecule has 2 aliphatic heterocycles. The Morgan fingerprint density at radius 3 is 2.36 bits per heavy atom. The lowest BCUT2D eigenvalue weighted by molar-refractivity contribution is 0.0885. The number of carbonyl (C=O) groups excluding carboxylic acids is 1. The number of hydrazine groups is 1. The molecule has 11 nitrogen and oxygen atoms in total. The topological polar surface area (TPSA) is 127 Å². The van der Waals surface area contributed by atoms with Crippen LogP contribution in [0.4, 0.5) is 22.4 Å². The van der Waals surface area contributed by atoms with Gasteiger partial charge in [-0.15, -0.1) is 0 Å². The molecular formula is C28H44N10O. The van der Waals surface area contributed by atoms with Crippen molar-refractivity contribution >= 4 is 23.6 Å². The highest BCUT2D eigenvalue weighted by Gasteiger charge is 2.28. The maximum atomic E-state index is 12.4. The summed E-state index contributed by atoms with van der Waals surface area (Å²) < 4.78 is 0. The Hall–Kier alpha value is -3.15. The molecule has 5 rings (SSSR count). The first kappa shape index (κ1) is 27.4. The van der Waals surface area contributed by atoms with Crippen molar-refractivity contribution in [1.29, 1.82) is 0 Å². The molecule has 3 fully saturated rings. The molecule has 0 spiro atoms. The average Bonchev–Trinajstić information content (AvgIpc) is 2.94. The van der Waals surface area contributed by atoms with E-state index in [1.807, 2.05) is 4.90 Å². The van der Waals surface area contributed by atoms with Crippen LogP contribution in [0.2, 0.25) is 0 Å². The highest BCUT2D eigenvalue weighted by atomic mass is 16.2. The van der Waals surface area contributed by atoms with Crippen molar-refractivity contribution in [3.63, 3.8) is 0 Å². The average molecular weight is 537 g/mol. The SMILES string of the molecule is Nc1cc(N2CCN(C(=O)N3CCN3)CC2)nc(NCc2ccc(CNCCCNC3CCCCC3)cc2)n1. The molecule has 3 aliphatic rings. The molecule has 212 valence electrons. The minimum Gasteiger partial charge on any atom is -0.383 e. The number of aromatic nitrogens is 2. The van der Waals surface area contributed by atoms with Crippen molar-refractivity contribution in [2.75, 3.05) is 68.3 Å². The van der Waals surface area contributed by atoms with E-state index >= 15 is 0 Å². The van der Waals surface area contributed by atoms with Gasteiger partial charge >= 0.3 is 6.03 Å². The first-order valence-corrected chi connectivity index (χ1v) is 14.6. The number of piperazine rings is 1. The standard InChI is InChI=1S/C28H44N10O/c29-25-19-26(36-15-17-37(18-16-36)28(39)38-14-13-33-38)35-27(34-25)32-21-23-9-7-22(8-10-23)20-30-11-4-12-31-24-5-2-1-3-6-24/h7-10,19,24,30-31,33H,1-6,11-18,20-21H2,(H3,29,32,34,35). The molecule has 1 aromatic heterocycles. The third kappa shape index (κ3) is 7.93. The minimum absolute atomic E-state index is 0.0504. The van der Waals surface area contributed by atoms with Gasteiger partial charge < -0.3 is 31.5 Å². The van der Waals surface area contributed by atoms with Gasteiger partial charge in [0.25, 0.3) is 0 Å². The first-order valence-electron chi connectivity index (χ1n) is 14.6. The third-order valence-electron chi connectivity index (χ3n) is 7.85. The number of rotatable bonds is 11. The van der Waals surface area contributed by atoms with Crippen molar-refractivity contribution in [3.05, 3.63) is 41.5 Å². The van der Waals surface area contributed by atoms with Crippen LogP contribution in [0.1, 0.15) is 49.7 Å². The summed E-state index contributed by atoms with van der Waals surface area (Å²) in [6, 6.07) is 11.2. The first-order chi connectivity index (χ1) is 19.1. The van der Waals surface area contributed by atoms with Crippen LogP contribution in [0.5, 0.6) is 0 Å². The van der Waals surface area contributed by atoms with Crippen molar-refractivity contribution in [1.82, 2.24) is 35.9 Å². The van der Waals surface area contributed by atoms with Crippen LogP contribution in [0.3, 0.4) is 0 Å². The lowest BCUT2D eigenvalue weighted by Gasteiger charge is -2.40. The monoisotopic (exact) mass is 536 g/mol. The summed E-state index contributed by atoms with van der Waals surface area (Å²) in [4.78, 5) is 25.5. The second kappa shape index (κ2) is 13.8. The molecular weight excluding hydrogens is 492 g/mol. The van der Waals surface area contributed by atoms with Gasteiger partial charge in [0.1, 0.15) is 11.6 Å². The predicted molar refractivity (Wildman–Crippen MR) is 155 cm³/mol. The summed E-state index contributed by atoms with van der Waals surface area (Å²) >= 11 is 0. The number of anilines is 3. The number of nitrogen functional groups attached to an aromatic ring is 1. The molecule has 1 aliphatic carbocycles. The van der Waals surface area contributed by atoms with Gasteiger partial charge in [0.2, 0.25) is 5.95 Å². The summed E-state index contributed by atoms with van der Waals surface area (Å²) in [5.74, 6) is 1.73. The maximum absolute atomic E-state index is 12.4. The normalized spacial score (nSPS) is 18.2. The number of nitrogens with zero attached hydrogens (tertiary/aromatic N) is 5. The molecule has 2 saturated heterocycles. The zero-order valence-electron chi connectivity index (χ0n) is 23.0. The molecule has 11 heteroatoms. The van der Waals surface area contributed by atoms with Gasteiger partial charge in [0.15, 0.2) is 0 Å². The fraction of sp³-hybridized carbons (Fsp3) is 0.607. The Bertz CT molecular complexity index is 1050. The van der Waals surface area contributed by atoms with Crippen LogP contribution in [0.25, 0.3) is 0 Å². The summed E-state index contributed by atoms with van der Waals surface area (Å²) in [5.41, 5.74) is 11.6. The van der Waals surface area contributed by atoms with Crippen LogP contribution in [-0.4, -0.2) is 84.3 Å². The predicted octanol–water partition coefficient (Wildman–Crippen LogP) is 2.14. The number of hydrogen-bond acceptors (Lipinski definition) is 9. The van der Waals surface area contributed by atoms with Crippen LogP contribution in [0, 0.1) is 0 Å². The smallest absolute Gasteiger partial charge is 0.334 e. The highest BCUT2D eigenvalue weighted by molar-refractivity contribution is 5.75. The van der Waals surface area contributed by atoms with Crippen LogP contribution in [-0.2, 0) is 13.1 Å². The summed E-state index contributed by atoms with van der Waals surface area (Å²) in [6.07, 6.45) is 8.02. The van der Waals surface area contributed by atoms with Gasteiger partial charge in [0, 0.05) is 57.9 Å². The van der Waals surface area contributed by atoms with E-state index < -0.39 is 0 Å². The third-order valence-corrected chi connectivity index (χ3v) is 7.85. The number of carbonyl (C=O) groups is 1. The van der Waals surface area contributed by atoms with E-state index in [9.17, 15) is 4.79 Å². The van der Waals surface area contributed by atoms with Gasteiger partial charge in [-0.25, -0.2) is 10.2 Å². The molecule has 6 N–H and O–H groups in total. The number of nitrogens with two attached hydrogens (primary N) is 1. The lowest BCUT2D eigenvalue weighted by Crippen LogP contribution is -2.62. The Balaban J connectivity index is 1.02. The van der Waals surface area contributed by atoms with Gasteiger partial charge in [-0.2, -0.15) is 9.97 Å². The summed E-state index contributed by atoms with van der Waals surface area (Å²) in [6.45, 7) is 7.99. The van der Waals surface area contributed by atoms with Gasteiger partial charge in [-0.3, -0.25) is 5.01 Å². The van der Waals surface area contributed by atoms with E-state index in [1.54, 1.807) is 11.1 Å². The van der Waals surface area contributed by atoms with Crippen LogP contribution >= 0.6 is 0 Å². The van der Waals surface area contributed by atoms with Crippen molar-refractivity contribution in [2.45, 2.75) is 57.7 Å². The molecule has 0 bridgehead atoms. The molecule has 2 aromatic rings. The number of nitrogens with one attached hydrogen (secondary N) is 4. The van der Waals surface area contributed by atoms with Crippen molar-refractivity contribution in [3.8, 4) is 0 Å². The molecule has 2 amide bonds. The van der Waals surface area contributed by atoms with E-state index in [0.717, 1.165) is 56.6 Å². The lowest BCUT2D eigenvalue weighted by atomic mass is 9.95. The second-order valence-corrected chi connectivity index (χ2v) is 10.8. The minimum atomic E-state index is 0.0504. The van der Waals surface area contributed by atoms with Crippen LogP contribution < -0.4 is 32.0 Å². The fourth-order valence-corrected chi connectivity index (χ4v) is 5.39. The highest BCUT2D eigenvalue weighted by Crippen LogP contribution is 2.20. The number of amides is 2. The number of urea groups is 1. The van der Waals surface area contributed by atoms with E-state index in [1.165, 1.54) is 37.7 Å². The fourth-order valence-electron chi connectivity index (χ4n) is 5.39. The Morgan fingerprint density at radius 1 is 0.949 bits per heavy atom. The Kier molecular flexibility index (Phi) is 9.68. The quantitative estimate of drug-likeness (QED) is 0.275. The molecule has 1 saturated carbocycles. The Labute approximate surface area is 231 Å². The van der Waals surface area contributed by atoms with E-state index in [-0.39, 0.29) is 6.03 Å². The van der Waals surface area contributed by atoms with Crippen molar-refractivity contribution in [2.24, 2.45) is 0 Å². The summed E-state index contributed by atoms with van der Waals surface area (Å²) in [5, 5.41) is 12.3.